The maximum absolute atomic E-state index is 11.8. The van der Waals surface area contributed by atoms with Gasteiger partial charge in [-0.05, 0) is 25.5 Å². The van der Waals surface area contributed by atoms with Crippen molar-refractivity contribution in [2.75, 3.05) is 16.8 Å². The zero-order valence-corrected chi connectivity index (χ0v) is 12.6. The number of nitrogens with zero attached hydrogens (tertiary/aromatic N) is 3. The first-order valence-corrected chi connectivity index (χ1v) is 7.26. The molecule has 0 bridgehead atoms. The van der Waals surface area contributed by atoms with Crippen LogP contribution in [-0.2, 0) is 4.74 Å². The Balaban J connectivity index is 1.76. The van der Waals surface area contributed by atoms with Gasteiger partial charge in [0.05, 0.1) is 12.6 Å². The van der Waals surface area contributed by atoms with Gasteiger partial charge >= 0.3 is 6.09 Å². The van der Waals surface area contributed by atoms with E-state index in [-0.39, 0.29) is 18.2 Å². The summed E-state index contributed by atoms with van der Waals surface area (Å²) in [6.45, 7) is 4.40. The van der Waals surface area contributed by atoms with E-state index in [0.29, 0.717) is 18.3 Å². The highest BCUT2D eigenvalue weighted by molar-refractivity contribution is 5.88. The van der Waals surface area contributed by atoms with E-state index < -0.39 is 0 Å². The van der Waals surface area contributed by atoms with E-state index in [1.54, 1.807) is 12.3 Å². The molecule has 0 saturated carbocycles. The fourth-order valence-electron chi connectivity index (χ4n) is 2.38. The Hall–Kier alpha value is -2.63. The monoisotopic (exact) mass is 298 g/mol. The van der Waals surface area contributed by atoms with E-state index in [2.05, 4.69) is 15.3 Å². The summed E-state index contributed by atoms with van der Waals surface area (Å²) in [5.74, 6) is 1.04. The van der Waals surface area contributed by atoms with Crippen LogP contribution in [-0.4, -0.2) is 28.7 Å². The molecule has 1 aliphatic heterocycles. The highest BCUT2D eigenvalue weighted by Gasteiger charge is 2.30. The predicted molar refractivity (Wildman–Crippen MR) is 83.8 cm³/mol. The molecular formula is C16H18N4O2. The third-order valence-electron chi connectivity index (χ3n) is 3.52. The molecule has 2 aromatic rings. The molecule has 1 saturated heterocycles. The van der Waals surface area contributed by atoms with Gasteiger partial charge in [0, 0.05) is 6.20 Å². The predicted octanol–water partition coefficient (Wildman–Crippen LogP) is 2.99. The fraction of sp³-hybridized carbons (Fsp3) is 0.312. The molecule has 0 spiro atoms. The lowest BCUT2D eigenvalue weighted by molar-refractivity contribution is 0.150. The van der Waals surface area contributed by atoms with Crippen molar-refractivity contribution in [3.05, 3.63) is 48.2 Å². The van der Waals surface area contributed by atoms with Gasteiger partial charge in [0.25, 0.3) is 0 Å². The molecule has 22 heavy (non-hydrogen) atoms. The van der Waals surface area contributed by atoms with E-state index in [0.717, 1.165) is 5.56 Å². The molecule has 2 heterocycles. The summed E-state index contributed by atoms with van der Waals surface area (Å²) in [5, 5.41) is 3.25. The summed E-state index contributed by atoms with van der Waals surface area (Å²) in [7, 11) is 0. The molecule has 6 nitrogen and oxygen atoms in total. The second-order valence-electron chi connectivity index (χ2n) is 5.32. The van der Waals surface area contributed by atoms with E-state index in [1.807, 2.05) is 44.2 Å². The number of rotatable bonds is 4. The number of hydrogen-bond donors (Lipinski definition) is 1. The quantitative estimate of drug-likeness (QED) is 0.940. The van der Waals surface area contributed by atoms with Gasteiger partial charge in [0.15, 0.2) is 0 Å². The van der Waals surface area contributed by atoms with Crippen molar-refractivity contribution in [2.45, 2.75) is 26.0 Å². The summed E-state index contributed by atoms with van der Waals surface area (Å²) < 4.78 is 5.12. The lowest BCUT2D eigenvalue weighted by atomic mass is 10.1. The maximum Gasteiger partial charge on any atom is 0.415 e. The summed E-state index contributed by atoms with van der Waals surface area (Å²) >= 11 is 0. The lowest BCUT2D eigenvalue weighted by Crippen LogP contribution is -2.25. The van der Waals surface area contributed by atoms with Crippen LogP contribution in [0.3, 0.4) is 0 Å². The van der Waals surface area contributed by atoms with Gasteiger partial charge in [-0.2, -0.15) is 4.98 Å². The van der Waals surface area contributed by atoms with Crippen molar-refractivity contribution in [3.63, 3.8) is 0 Å². The Morgan fingerprint density at radius 1 is 1.32 bits per heavy atom. The van der Waals surface area contributed by atoms with Crippen molar-refractivity contribution < 1.29 is 9.53 Å². The summed E-state index contributed by atoms with van der Waals surface area (Å²) in [4.78, 5) is 21.9. The molecule has 1 amide bonds. The maximum atomic E-state index is 11.8. The second kappa shape index (κ2) is 6.01. The summed E-state index contributed by atoms with van der Waals surface area (Å²) in [5.41, 5.74) is 1.14. The fourth-order valence-corrected chi connectivity index (χ4v) is 2.38. The Bertz CT molecular complexity index is 662. The first kappa shape index (κ1) is 14.3. The number of carbonyl (C=O) groups excluding carboxylic acids is 1. The van der Waals surface area contributed by atoms with Gasteiger partial charge in [-0.15, -0.1) is 0 Å². The third-order valence-corrected chi connectivity index (χ3v) is 3.52. The SMILES string of the molecule is C[C@@H]1CN(c2ccnc(N[C@H](C)c3ccccc3)n2)C(=O)O1. The number of amides is 1. The Labute approximate surface area is 129 Å². The Morgan fingerprint density at radius 3 is 2.77 bits per heavy atom. The topological polar surface area (TPSA) is 67.4 Å². The lowest BCUT2D eigenvalue weighted by Gasteiger charge is -2.16. The number of hydrogen-bond acceptors (Lipinski definition) is 5. The van der Waals surface area contributed by atoms with Crippen LogP contribution < -0.4 is 10.2 Å². The van der Waals surface area contributed by atoms with Gasteiger partial charge in [-0.25, -0.2) is 9.78 Å². The van der Waals surface area contributed by atoms with Crippen molar-refractivity contribution in [2.24, 2.45) is 0 Å². The molecule has 1 aromatic heterocycles. The van der Waals surface area contributed by atoms with E-state index in [9.17, 15) is 4.79 Å². The standard InChI is InChI=1S/C16H18N4O2/c1-11-10-20(16(21)22-11)14-8-9-17-15(19-14)18-12(2)13-6-4-3-5-7-13/h3-9,11-12H,10H2,1-2H3,(H,17,18,19)/t11-,12-/m1/s1. The van der Waals surface area contributed by atoms with Crippen LogP contribution in [0.1, 0.15) is 25.5 Å². The third kappa shape index (κ3) is 3.00. The molecule has 0 unspecified atom stereocenters. The molecule has 0 aliphatic carbocycles. The highest BCUT2D eigenvalue weighted by Crippen LogP contribution is 2.21. The van der Waals surface area contributed by atoms with Crippen LogP contribution in [0.25, 0.3) is 0 Å². The average molecular weight is 298 g/mol. The molecule has 3 rings (SSSR count). The Kier molecular flexibility index (Phi) is 3.91. The smallest absolute Gasteiger partial charge is 0.415 e. The molecule has 2 atom stereocenters. The number of cyclic esters (lactones) is 1. The number of anilines is 2. The number of benzene rings is 1. The van der Waals surface area contributed by atoms with Crippen LogP contribution in [0, 0.1) is 0 Å². The normalized spacial score (nSPS) is 18.9. The number of nitrogens with one attached hydrogen (secondary N) is 1. The van der Waals surface area contributed by atoms with Gasteiger partial charge < -0.3 is 10.1 Å². The second-order valence-corrected chi connectivity index (χ2v) is 5.32. The molecule has 114 valence electrons. The van der Waals surface area contributed by atoms with Crippen LogP contribution in [0.5, 0.6) is 0 Å². The van der Waals surface area contributed by atoms with Crippen molar-refractivity contribution in [1.29, 1.82) is 0 Å². The minimum atomic E-state index is -0.367. The largest absolute Gasteiger partial charge is 0.444 e. The van der Waals surface area contributed by atoms with E-state index in [4.69, 9.17) is 4.74 Å². The Morgan fingerprint density at radius 2 is 2.09 bits per heavy atom. The van der Waals surface area contributed by atoms with Gasteiger partial charge in [0.1, 0.15) is 11.9 Å². The van der Waals surface area contributed by atoms with E-state index in [1.165, 1.54) is 4.90 Å². The highest BCUT2D eigenvalue weighted by atomic mass is 16.6. The average Bonchev–Trinajstić information content (AvgIpc) is 2.87. The van der Waals surface area contributed by atoms with Gasteiger partial charge in [0.2, 0.25) is 5.95 Å². The summed E-state index contributed by atoms with van der Waals surface area (Å²) in [6, 6.07) is 11.8. The molecular weight excluding hydrogens is 280 g/mol. The molecule has 1 N–H and O–H groups in total. The molecule has 1 fully saturated rings. The van der Waals surface area contributed by atoms with Gasteiger partial charge in [-0.3, -0.25) is 4.90 Å². The molecule has 6 heteroatoms. The zero-order chi connectivity index (χ0) is 15.5. The molecule has 1 aliphatic rings. The molecule has 0 radical (unpaired) electrons. The van der Waals surface area contributed by atoms with Crippen molar-refractivity contribution in [1.82, 2.24) is 9.97 Å². The number of ether oxygens (including phenoxy) is 1. The number of carbonyl (C=O) groups is 1. The minimum Gasteiger partial charge on any atom is -0.444 e. The first-order chi connectivity index (χ1) is 10.6. The van der Waals surface area contributed by atoms with Crippen LogP contribution >= 0.6 is 0 Å². The van der Waals surface area contributed by atoms with Crippen molar-refractivity contribution in [3.8, 4) is 0 Å². The number of aromatic nitrogens is 2. The summed E-state index contributed by atoms with van der Waals surface area (Å²) in [6.07, 6.45) is 1.15. The van der Waals surface area contributed by atoms with Crippen LogP contribution in [0.4, 0.5) is 16.6 Å². The van der Waals surface area contributed by atoms with Crippen LogP contribution in [0.15, 0.2) is 42.6 Å². The van der Waals surface area contributed by atoms with Gasteiger partial charge in [-0.1, -0.05) is 30.3 Å². The van der Waals surface area contributed by atoms with Crippen LogP contribution in [0.2, 0.25) is 0 Å². The molecule has 1 aromatic carbocycles. The van der Waals surface area contributed by atoms with E-state index >= 15 is 0 Å². The minimum absolute atomic E-state index is 0.0703. The van der Waals surface area contributed by atoms with Crippen molar-refractivity contribution >= 4 is 17.9 Å². The first-order valence-electron chi connectivity index (χ1n) is 7.26. The zero-order valence-electron chi connectivity index (χ0n) is 12.6.